The van der Waals surface area contributed by atoms with Crippen molar-refractivity contribution in [3.63, 3.8) is 0 Å². The van der Waals surface area contributed by atoms with Gasteiger partial charge in [-0.1, -0.05) is 13.0 Å². The predicted octanol–water partition coefficient (Wildman–Crippen LogP) is 3.89. The zero-order valence-corrected chi connectivity index (χ0v) is 10.6. The van der Waals surface area contributed by atoms with Crippen LogP contribution in [-0.4, -0.2) is 6.54 Å². The number of halogens is 1. The van der Waals surface area contributed by atoms with Crippen LogP contribution in [0.5, 0.6) is 0 Å². The molecule has 2 rings (SSSR count). The van der Waals surface area contributed by atoms with Crippen LogP contribution in [0.1, 0.15) is 23.5 Å². The molecule has 0 spiro atoms. The molecule has 0 aromatic carbocycles. The Hall–Kier alpha value is -0.770. The molecule has 2 aromatic heterocycles. The van der Waals surface area contributed by atoms with Gasteiger partial charge in [0.1, 0.15) is 5.76 Å². The maximum Gasteiger partial charge on any atom is 0.193 e. The molecule has 86 valence electrons. The molecule has 1 N–H and O–H groups in total. The van der Waals surface area contributed by atoms with E-state index >= 15 is 0 Å². The molecule has 2 heterocycles. The minimum atomic E-state index is 0.447. The van der Waals surface area contributed by atoms with E-state index in [2.05, 4.69) is 29.8 Å². The second-order valence-corrected chi connectivity index (χ2v) is 5.10. The van der Waals surface area contributed by atoms with Gasteiger partial charge in [-0.25, -0.2) is 0 Å². The largest absolute Gasteiger partial charge is 0.448 e. The molecule has 0 aliphatic rings. The summed E-state index contributed by atoms with van der Waals surface area (Å²) in [5.74, 6) is 1.41. The second-order valence-electron chi connectivity index (χ2n) is 3.75. The van der Waals surface area contributed by atoms with Crippen LogP contribution in [0.15, 0.2) is 34.1 Å². The fraction of sp³-hybridized carbons (Fsp3) is 0.333. The van der Waals surface area contributed by atoms with E-state index in [4.69, 9.17) is 16.0 Å². The van der Waals surface area contributed by atoms with E-state index in [9.17, 15) is 0 Å². The molecule has 0 fully saturated rings. The van der Waals surface area contributed by atoms with Crippen molar-refractivity contribution in [3.8, 4) is 0 Å². The highest BCUT2D eigenvalue weighted by Gasteiger charge is 2.06. The Morgan fingerprint density at radius 2 is 2.31 bits per heavy atom. The average molecular weight is 256 g/mol. The van der Waals surface area contributed by atoms with Gasteiger partial charge in [0.05, 0.1) is 6.54 Å². The monoisotopic (exact) mass is 255 g/mol. The Labute approximate surface area is 104 Å². The Morgan fingerprint density at radius 3 is 2.94 bits per heavy atom. The predicted molar refractivity (Wildman–Crippen MR) is 68.2 cm³/mol. The molecular formula is C12H14ClNOS. The van der Waals surface area contributed by atoms with E-state index in [0.29, 0.717) is 11.1 Å². The first kappa shape index (κ1) is 11.7. The molecule has 0 aliphatic carbocycles. The second kappa shape index (κ2) is 5.53. The number of thiophene rings is 1. The summed E-state index contributed by atoms with van der Waals surface area (Å²) < 4.78 is 5.26. The minimum Gasteiger partial charge on any atom is -0.448 e. The first-order valence-corrected chi connectivity index (χ1v) is 6.50. The molecule has 0 bridgehead atoms. The molecule has 4 heteroatoms. The number of nitrogens with one attached hydrogen (secondary N) is 1. The Kier molecular flexibility index (Phi) is 4.04. The third-order valence-corrected chi connectivity index (χ3v) is 3.71. The maximum absolute atomic E-state index is 5.69. The van der Waals surface area contributed by atoms with Crippen LogP contribution >= 0.6 is 22.9 Å². The lowest BCUT2D eigenvalue weighted by Crippen LogP contribution is -2.18. The highest BCUT2D eigenvalue weighted by atomic mass is 35.5. The average Bonchev–Trinajstić information content (AvgIpc) is 2.89. The van der Waals surface area contributed by atoms with E-state index in [-0.39, 0.29) is 0 Å². The van der Waals surface area contributed by atoms with Crippen molar-refractivity contribution in [3.05, 3.63) is 45.5 Å². The zero-order chi connectivity index (χ0) is 11.4. The van der Waals surface area contributed by atoms with Crippen LogP contribution in [0.3, 0.4) is 0 Å². The van der Waals surface area contributed by atoms with Crippen molar-refractivity contribution < 1.29 is 4.42 Å². The summed E-state index contributed by atoms with van der Waals surface area (Å²) >= 11 is 7.49. The summed E-state index contributed by atoms with van der Waals surface area (Å²) in [5, 5.41) is 5.91. The maximum atomic E-state index is 5.69. The zero-order valence-electron chi connectivity index (χ0n) is 9.07. The lowest BCUT2D eigenvalue weighted by molar-refractivity contribution is 0.478. The van der Waals surface area contributed by atoms with Gasteiger partial charge in [0.15, 0.2) is 5.22 Å². The summed E-state index contributed by atoms with van der Waals surface area (Å²) in [6.07, 6.45) is 0. The third-order valence-electron chi connectivity index (χ3n) is 2.41. The fourth-order valence-corrected chi connectivity index (χ4v) is 2.48. The van der Waals surface area contributed by atoms with Crippen LogP contribution in [0.4, 0.5) is 0 Å². The smallest absolute Gasteiger partial charge is 0.193 e. The van der Waals surface area contributed by atoms with Gasteiger partial charge < -0.3 is 9.73 Å². The van der Waals surface area contributed by atoms with Gasteiger partial charge in [0, 0.05) is 17.3 Å². The number of hydrogen-bond acceptors (Lipinski definition) is 3. The van der Waals surface area contributed by atoms with Crippen molar-refractivity contribution in [2.75, 3.05) is 6.54 Å². The summed E-state index contributed by atoms with van der Waals surface area (Å²) in [6.45, 7) is 3.88. The molecule has 2 aromatic rings. The van der Waals surface area contributed by atoms with Gasteiger partial charge in [-0.2, -0.15) is 0 Å². The lowest BCUT2D eigenvalue weighted by atomic mass is 10.1. The molecule has 16 heavy (non-hydrogen) atoms. The van der Waals surface area contributed by atoms with Crippen LogP contribution in [0.2, 0.25) is 5.22 Å². The highest BCUT2D eigenvalue weighted by Crippen LogP contribution is 2.20. The van der Waals surface area contributed by atoms with Gasteiger partial charge in [0.25, 0.3) is 0 Å². The molecule has 0 radical (unpaired) electrons. The number of rotatable bonds is 5. The van der Waals surface area contributed by atoms with Crippen molar-refractivity contribution in [1.82, 2.24) is 5.32 Å². The fourth-order valence-electron chi connectivity index (χ4n) is 1.53. The molecule has 0 saturated carbocycles. The number of furan rings is 1. The molecule has 1 unspecified atom stereocenters. The molecule has 2 nitrogen and oxygen atoms in total. The molecule has 0 amide bonds. The van der Waals surface area contributed by atoms with Gasteiger partial charge >= 0.3 is 0 Å². The van der Waals surface area contributed by atoms with Crippen LogP contribution < -0.4 is 5.32 Å². The normalized spacial score (nSPS) is 12.9. The standard InChI is InChI=1S/C12H14ClNOS/c1-9(11-3-2-6-16-11)7-14-8-10-4-5-12(13)15-10/h2-6,9,14H,7-8H2,1H3. The highest BCUT2D eigenvalue weighted by molar-refractivity contribution is 7.10. The lowest BCUT2D eigenvalue weighted by Gasteiger charge is -2.09. The minimum absolute atomic E-state index is 0.447. The van der Waals surface area contributed by atoms with Gasteiger partial charge in [0.2, 0.25) is 0 Å². The Morgan fingerprint density at radius 1 is 1.44 bits per heavy atom. The van der Waals surface area contributed by atoms with Crippen LogP contribution in [0.25, 0.3) is 0 Å². The number of hydrogen-bond donors (Lipinski definition) is 1. The van der Waals surface area contributed by atoms with E-state index in [1.165, 1.54) is 4.88 Å². The van der Waals surface area contributed by atoms with Crippen molar-refractivity contribution in [1.29, 1.82) is 0 Å². The third kappa shape index (κ3) is 3.11. The first-order chi connectivity index (χ1) is 7.75. The summed E-state index contributed by atoms with van der Waals surface area (Å²) in [4.78, 5) is 1.41. The Balaban J connectivity index is 1.76. The van der Waals surface area contributed by atoms with Gasteiger partial charge in [-0.05, 0) is 35.2 Å². The SMILES string of the molecule is CC(CNCc1ccc(Cl)o1)c1cccs1. The van der Waals surface area contributed by atoms with Crippen molar-refractivity contribution in [2.45, 2.75) is 19.4 Å². The molecule has 0 saturated heterocycles. The molecular weight excluding hydrogens is 242 g/mol. The van der Waals surface area contributed by atoms with E-state index in [0.717, 1.165) is 18.8 Å². The van der Waals surface area contributed by atoms with E-state index in [1.807, 2.05) is 6.07 Å². The van der Waals surface area contributed by atoms with Crippen molar-refractivity contribution >= 4 is 22.9 Å². The summed E-state index contributed by atoms with van der Waals surface area (Å²) in [7, 11) is 0. The quantitative estimate of drug-likeness (QED) is 0.877. The van der Waals surface area contributed by atoms with E-state index in [1.54, 1.807) is 17.4 Å². The molecule has 1 atom stereocenters. The first-order valence-electron chi connectivity index (χ1n) is 5.24. The Bertz CT molecular complexity index is 424. The van der Waals surface area contributed by atoms with Gasteiger partial charge in [-0.15, -0.1) is 11.3 Å². The van der Waals surface area contributed by atoms with Crippen molar-refractivity contribution in [2.24, 2.45) is 0 Å². The molecule has 0 aliphatic heterocycles. The van der Waals surface area contributed by atoms with Gasteiger partial charge in [-0.3, -0.25) is 0 Å². The topological polar surface area (TPSA) is 25.2 Å². The summed E-state index contributed by atoms with van der Waals surface area (Å²) in [6, 6.07) is 7.91. The summed E-state index contributed by atoms with van der Waals surface area (Å²) in [5.41, 5.74) is 0. The van der Waals surface area contributed by atoms with Crippen LogP contribution in [-0.2, 0) is 6.54 Å². The van der Waals surface area contributed by atoms with Crippen LogP contribution in [0, 0.1) is 0 Å². The van der Waals surface area contributed by atoms with E-state index < -0.39 is 0 Å².